The molecule has 1 fully saturated rings. The van der Waals surface area contributed by atoms with Gasteiger partial charge in [-0.05, 0) is 49.6 Å². The van der Waals surface area contributed by atoms with Gasteiger partial charge in [0.05, 0.1) is 27.0 Å². The number of hydrogen-bond acceptors (Lipinski definition) is 7. The molecule has 0 saturated carbocycles. The molecule has 10 nitrogen and oxygen atoms in total. The van der Waals surface area contributed by atoms with Gasteiger partial charge in [0.1, 0.15) is 12.3 Å². The van der Waals surface area contributed by atoms with E-state index in [0.717, 1.165) is 19.3 Å². The van der Waals surface area contributed by atoms with E-state index in [1.54, 1.807) is 35.2 Å². The number of hydrogen-bond donors (Lipinski definition) is 1. The molecule has 0 bridgehead atoms. The number of nitrogens with one attached hydrogen (secondary N) is 1. The van der Waals surface area contributed by atoms with Crippen LogP contribution in [0.5, 0.6) is 23.0 Å². The first kappa shape index (κ1) is 24.2. The number of benzene rings is 2. The average Bonchev–Trinajstić information content (AvgIpc) is 2.89. The number of anilines is 2. The summed E-state index contributed by atoms with van der Waals surface area (Å²) >= 11 is 0. The number of methoxy groups -OCH3 is 3. The monoisotopic (exact) mass is 483 g/mol. The fourth-order valence-corrected chi connectivity index (χ4v) is 4.25. The van der Waals surface area contributed by atoms with Crippen molar-refractivity contribution in [3.8, 4) is 23.0 Å². The Morgan fingerprint density at radius 1 is 0.971 bits per heavy atom. The maximum Gasteiger partial charge on any atom is 0.265 e. The summed E-state index contributed by atoms with van der Waals surface area (Å²) in [6.07, 6.45) is 3.05. The Morgan fingerprint density at radius 3 is 2.29 bits per heavy atom. The molecule has 0 unspecified atom stereocenters. The first-order chi connectivity index (χ1) is 16.9. The lowest BCUT2D eigenvalue weighted by atomic mass is 10.1. The van der Waals surface area contributed by atoms with Crippen molar-refractivity contribution in [1.29, 1.82) is 0 Å². The van der Waals surface area contributed by atoms with Gasteiger partial charge in [0.25, 0.3) is 11.8 Å². The maximum atomic E-state index is 13.0. The number of likely N-dealkylation sites (tertiary alicyclic amines) is 1. The first-order valence-corrected chi connectivity index (χ1v) is 11.4. The molecule has 2 aliphatic heterocycles. The summed E-state index contributed by atoms with van der Waals surface area (Å²) in [7, 11) is 4.43. The molecule has 0 atom stereocenters. The third-order valence-electron chi connectivity index (χ3n) is 6.09. The van der Waals surface area contributed by atoms with Crippen molar-refractivity contribution in [3.05, 3.63) is 35.9 Å². The standard InChI is InChI=1S/C25H29N3O7/c1-32-20-11-16(12-21(33-2)24(20)34-3)25(31)26-17-7-8-19-18(13-17)28(23(30)15-35-19)14-22(29)27-9-5-4-6-10-27/h7-8,11-13H,4-6,9-10,14-15H2,1-3H3,(H,26,31). The number of amides is 3. The second-order valence-corrected chi connectivity index (χ2v) is 8.26. The molecule has 2 aromatic rings. The maximum absolute atomic E-state index is 13.0. The summed E-state index contributed by atoms with van der Waals surface area (Å²) in [6.45, 7) is 1.20. The van der Waals surface area contributed by atoms with E-state index in [1.807, 2.05) is 0 Å². The largest absolute Gasteiger partial charge is 0.493 e. The van der Waals surface area contributed by atoms with E-state index < -0.39 is 5.91 Å². The van der Waals surface area contributed by atoms with Gasteiger partial charge in [-0.1, -0.05) is 0 Å². The molecule has 1 N–H and O–H groups in total. The molecule has 0 spiro atoms. The molecule has 35 heavy (non-hydrogen) atoms. The molecule has 0 aromatic heterocycles. The lowest BCUT2D eigenvalue weighted by molar-refractivity contribution is -0.132. The Kier molecular flexibility index (Phi) is 7.28. The van der Waals surface area contributed by atoms with Crippen molar-refractivity contribution >= 4 is 29.1 Å². The van der Waals surface area contributed by atoms with Gasteiger partial charge in [-0.15, -0.1) is 0 Å². The predicted octanol–water partition coefficient (Wildman–Crippen LogP) is 2.70. The van der Waals surface area contributed by atoms with Crippen LogP contribution in [0.3, 0.4) is 0 Å². The van der Waals surface area contributed by atoms with Crippen molar-refractivity contribution in [3.63, 3.8) is 0 Å². The van der Waals surface area contributed by atoms with E-state index in [2.05, 4.69) is 5.32 Å². The summed E-state index contributed by atoms with van der Waals surface area (Å²) in [5, 5.41) is 2.82. The molecule has 4 rings (SSSR count). The van der Waals surface area contributed by atoms with Crippen LogP contribution in [0.2, 0.25) is 0 Å². The van der Waals surface area contributed by atoms with Crippen LogP contribution in [0.1, 0.15) is 29.6 Å². The van der Waals surface area contributed by atoms with Crippen LogP contribution in [0.4, 0.5) is 11.4 Å². The van der Waals surface area contributed by atoms with Crippen LogP contribution in [0, 0.1) is 0 Å². The molecular formula is C25H29N3O7. The molecule has 2 heterocycles. The summed E-state index contributed by atoms with van der Waals surface area (Å²) < 4.78 is 21.5. The zero-order valence-electron chi connectivity index (χ0n) is 20.1. The summed E-state index contributed by atoms with van der Waals surface area (Å²) in [5.74, 6) is 0.733. The fraction of sp³-hybridized carbons (Fsp3) is 0.400. The van der Waals surface area contributed by atoms with Gasteiger partial charge >= 0.3 is 0 Å². The Labute approximate surface area is 203 Å². The third-order valence-corrected chi connectivity index (χ3v) is 6.09. The molecule has 2 aliphatic rings. The number of carbonyl (C=O) groups is 3. The summed E-state index contributed by atoms with van der Waals surface area (Å²) in [4.78, 5) is 41.7. The highest BCUT2D eigenvalue weighted by Crippen LogP contribution is 2.39. The van der Waals surface area contributed by atoms with E-state index in [-0.39, 0.29) is 25.0 Å². The minimum Gasteiger partial charge on any atom is -0.493 e. The van der Waals surface area contributed by atoms with Crippen molar-refractivity contribution in [1.82, 2.24) is 4.90 Å². The van der Waals surface area contributed by atoms with Gasteiger partial charge in [0, 0.05) is 24.3 Å². The Balaban J connectivity index is 1.56. The van der Waals surface area contributed by atoms with Gasteiger partial charge in [0.15, 0.2) is 18.1 Å². The fourth-order valence-electron chi connectivity index (χ4n) is 4.25. The highest BCUT2D eigenvalue weighted by Gasteiger charge is 2.30. The van der Waals surface area contributed by atoms with Crippen LogP contribution in [-0.2, 0) is 9.59 Å². The van der Waals surface area contributed by atoms with Crippen molar-refractivity contribution in [2.45, 2.75) is 19.3 Å². The lowest BCUT2D eigenvalue weighted by Crippen LogP contribution is -2.47. The zero-order chi connectivity index (χ0) is 24.9. The molecule has 0 aliphatic carbocycles. The molecule has 3 amide bonds. The number of piperidine rings is 1. The minimum atomic E-state index is -0.414. The third kappa shape index (κ3) is 5.11. The number of ether oxygens (including phenoxy) is 4. The molecule has 186 valence electrons. The number of rotatable bonds is 7. The quantitative estimate of drug-likeness (QED) is 0.645. The topological polar surface area (TPSA) is 107 Å². The minimum absolute atomic E-state index is 0.0700. The number of carbonyl (C=O) groups excluding carboxylic acids is 3. The predicted molar refractivity (Wildman–Crippen MR) is 129 cm³/mol. The first-order valence-electron chi connectivity index (χ1n) is 11.4. The van der Waals surface area contributed by atoms with Crippen LogP contribution in [0.25, 0.3) is 0 Å². The van der Waals surface area contributed by atoms with Gasteiger partial charge in [-0.2, -0.15) is 0 Å². The van der Waals surface area contributed by atoms with Gasteiger partial charge in [0.2, 0.25) is 11.7 Å². The van der Waals surface area contributed by atoms with E-state index in [1.165, 1.54) is 26.2 Å². The van der Waals surface area contributed by atoms with E-state index in [9.17, 15) is 14.4 Å². The highest BCUT2D eigenvalue weighted by molar-refractivity contribution is 6.07. The van der Waals surface area contributed by atoms with E-state index >= 15 is 0 Å². The molecule has 0 radical (unpaired) electrons. The normalized spacial score (nSPS) is 15.1. The molecule has 1 saturated heterocycles. The van der Waals surface area contributed by atoms with Gasteiger partial charge < -0.3 is 29.2 Å². The van der Waals surface area contributed by atoms with Crippen LogP contribution >= 0.6 is 0 Å². The molecule has 2 aromatic carbocycles. The summed E-state index contributed by atoms with van der Waals surface area (Å²) in [5.41, 5.74) is 1.17. The van der Waals surface area contributed by atoms with E-state index in [4.69, 9.17) is 18.9 Å². The SMILES string of the molecule is COc1cc(C(=O)Nc2ccc3c(c2)N(CC(=O)N2CCCCC2)C(=O)CO3)cc(OC)c1OC. The van der Waals surface area contributed by atoms with Crippen LogP contribution in [-0.4, -0.2) is 70.2 Å². The number of fused-ring (bicyclic) bond motifs is 1. The lowest BCUT2D eigenvalue weighted by Gasteiger charge is -2.33. The number of nitrogens with zero attached hydrogens (tertiary/aromatic N) is 2. The second-order valence-electron chi connectivity index (χ2n) is 8.26. The molecule has 10 heteroatoms. The van der Waals surface area contributed by atoms with Crippen LogP contribution < -0.4 is 29.2 Å². The van der Waals surface area contributed by atoms with Gasteiger partial charge in [-0.25, -0.2) is 0 Å². The zero-order valence-corrected chi connectivity index (χ0v) is 20.1. The molecular weight excluding hydrogens is 454 g/mol. The van der Waals surface area contributed by atoms with E-state index in [0.29, 0.717) is 53.0 Å². The van der Waals surface area contributed by atoms with Crippen molar-refractivity contribution in [2.24, 2.45) is 0 Å². The Morgan fingerprint density at radius 2 is 1.66 bits per heavy atom. The van der Waals surface area contributed by atoms with Crippen molar-refractivity contribution in [2.75, 3.05) is 57.8 Å². The Bertz CT molecular complexity index is 1100. The summed E-state index contributed by atoms with van der Waals surface area (Å²) in [6, 6.07) is 8.07. The van der Waals surface area contributed by atoms with Gasteiger partial charge in [-0.3, -0.25) is 19.3 Å². The van der Waals surface area contributed by atoms with Crippen LogP contribution in [0.15, 0.2) is 30.3 Å². The highest BCUT2D eigenvalue weighted by atomic mass is 16.5. The van der Waals surface area contributed by atoms with Crippen molar-refractivity contribution < 1.29 is 33.3 Å². The average molecular weight is 484 g/mol. The smallest absolute Gasteiger partial charge is 0.265 e. The second kappa shape index (κ2) is 10.5. The Hall–Kier alpha value is -3.95.